The summed E-state index contributed by atoms with van der Waals surface area (Å²) in [5.74, 6) is 0. The average Bonchev–Trinajstić information content (AvgIpc) is 2.29. The van der Waals surface area contributed by atoms with Gasteiger partial charge in [-0.05, 0) is 18.4 Å². The summed E-state index contributed by atoms with van der Waals surface area (Å²) >= 11 is 0. The molecule has 80 valence electrons. The molecular formula is C13H16O2. The molecule has 2 heterocycles. The van der Waals surface area contributed by atoms with Gasteiger partial charge in [0.2, 0.25) is 0 Å². The molecule has 0 amide bonds. The van der Waals surface area contributed by atoms with Crippen LogP contribution in [0.15, 0.2) is 30.3 Å². The fourth-order valence-electron chi connectivity index (χ4n) is 3.29. The highest BCUT2D eigenvalue weighted by atomic mass is 16.5. The van der Waals surface area contributed by atoms with E-state index in [1.807, 2.05) is 6.07 Å². The molecule has 1 aromatic carbocycles. The third-order valence-corrected chi connectivity index (χ3v) is 3.93. The predicted molar refractivity (Wildman–Crippen MR) is 57.7 cm³/mol. The van der Waals surface area contributed by atoms with E-state index < -0.39 is 0 Å². The number of ether oxygens (including phenoxy) is 1. The Hall–Kier alpha value is -0.860. The minimum Gasteiger partial charge on any atom is -0.396 e. The van der Waals surface area contributed by atoms with Gasteiger partial charge in [0, 0.05) is 10.8 Å². The number of rotatable bonds is 2. The summed E-state index contributed by atoms with van der Waals surface area (Å²) < 4.78 is 5.62. The topological polar surface area (TPSA) is 29.5 Å². The number of hydrogen-bond donors (Lipinski definition) is 1. The largest absolute Gasteiger partial charge is 0.396 e. The maximum atomic E-state index is 9.37. The van der Waals surface area contributed by atoms with Crippen LogP contribution in [0.1, 0.15) is 18.4 Å². The molecule has 2 saturated heterocycles. The van der Waals surface area contributed by atoms with Crippen LogP contribution in [0.25, 0.3) is 0 Å². The Bertz CT molecular complexity index is 352. The first kappa shape index (κ1) is 9.37. The predicted octanol–water partition coefficient (Wildman–Crippen LogP) is 1.73. The fraction of sp³-hybridized carbons (Fsp3) is 0.538. The van der Waals surface area contributed by atoms with Gasteiger partial charge in [0.15, 0.2) is 0 Å². The second-order valence-electron chi connectivity index (χ2n) is 5.15. The Balaban J connectivity index is 1.89. The first-order valence-electron chi connectivity index (χ1n) is 5.53. The molecule has 1 aliphatic carbocycles. The van der Waals surface area contributed by atoms with Gasteiger partial charge < -0.3 is 9.84 Å². The Labute approximate surface area is 89.9 Å². The Kier molecular flexibility index (Phi) is 1.91. The molecule has 2 aliphatic heterocycles. The molecule has 1 aromatic rings. The van der Waals surface area contributed by atoms with Crippen LogP contribution in [0.2, 0.25) is 0 Å². The van der Waals surface area contributed by atoms with Gasteiger partial charge >= 0.3 is 0 Å². The minimum atomic E-state index is 0.0636. The molecular weight excluding hydrogens is 188 g/mol. The maximum Gasteiger partial charge on any atom is 0.0563 e. The lowest BCUT2D eigenvalue weighted by Gasteiger charge is -2.59. The summed E-state index contributed by atoms with van der Waals surface area (Å²) in [6.45, 7) is 1.82. The van der Waals surface area contributed by atoms with E-state index in [0.717, 1.165) is 26.1 Å². The van der Waals surface area contributed by atoms with Gasteiger partial charge in [-0.1, -0.05) is 30.3 Å². The van der Waals surface area contributed by atoms with Crippen molar-refractivity contribution in [3.05, 3.63) is 35.9 Å². The van der Waals surface area contributed by atoms with Crippen molar-refractivity contribution in [3.63, 3.8) is 0 Å². The lowest BCUT2D eigenvalue weighted by Crippen LogP contribution is -2.60. The monoisotopic (exact) mass is 204 g/mol. The molecule has 15 heavy (non-hydrogen) atoms. The molecule has 0 aromatic heterocycles. The number of benzene rings is 1. The molecule has 2 nitrogen and oxygen atoms in total. The van der Waals surface area contributed by atoms with Crippen LogP contribution in [0.4, 0.5) is 0 Å². The van der Waals surface area contributed by atoms with Crippen molar-refractivity contribution in [1.29, 1.82) is 0 Å². The molecule has 3 fully saturated rings. The van der Waals surface area contributed by atoms with Crippen LogP contribution in [0.5, 0.6) is 0 Å². The zero-order valence-corrected chi connectivity index (χ0v) is 8.78. The quantitative estimate of drug-likeness (QED) is 0.795. The lowest BCUT2D eigenvalue weighted by molar-refractivity contribution is -0.170. The lowest BCUT2D eigenvalue weighted by atomic mass is 9.50. The van der Waals surface area contributed by atoms with Gasteiger partial charge in [-0.3, -0.25) is 0 Å². The third-order valence-electron chi connectivity index (χ3n) is 3.93. The van der Waals surface area contributed by atoms with Gasteiger partial charge in [0.25, 0.3) is 0 Å². The zero-order chi connectivity index (χ0) is 10.4. The van der Waals surface area contributed by atoms with Crippen molar-refractivity contribution in [2.75, 3.05) is 19.8 Å². The number of fused-ring (bicyclic) bond motifs is 2. The van der Waals surface area contributed by atoms with Crippen molar-refractivity contribution in [1.82, 2.24) is 0 Å². The van der Waals surface area contributed by atoms with Gasteiger partial charge in [0.05, 0.1) is 19.8 Å². The molecule has 0 spiro atoms. The van der Waals surface area contributed by atoms with E-state index in [0.29, 0.717) is 0 Å². The van der Waals surface area contributed by atoms with E-state index in [-0.39, 0.29) is 17.4 Å². The Morgan fingerprint density at radius 3 is 2.53 bits per heavy atom. The maximum absolute atomic E-state index is 9.37. The summed E-state index contributed by atoms with van der Waals surface area (Å²) in [7, 11) is 0. The van der Waals surface area contributed by atoms with Crippen molar-refractivity contribution < 1.29 is 9.84 Å². The average molecular weight is 204 g/mol. The first-order chi connectivity index (χ1) is 7.29. The summed E-state index contributed by atoms with van der Waals surface area (Å²) in [6.07, 6.45) is 2.17. The third kappa shape index (κ3) is 1.25. The van der Waals surface area contributed by atoms with Crippen LogP contribution < -0.4 is 0 Å². The van der Waals surface area contributed by atoms with Crippen LogP contribution in [-0.4, -0.2) is 24.9 Å². The van der Waals surface area contributed by atoms with Crippen molar-refractivity contribution in [2.24, 2.45) is 5.41 Å². The van der Waals surface area contributed by atoms with Crippen LogP contribution in [0.3, 0.4) is 0 Å². The molecule has 2 heteroatoms. The number of hydrogen-bond acceptors (Lipinski definition) is 2. The van der Waals surface area contributed by atoms with Gasteiger partial charge in [-0.15, -0.1) is 0 Å². The molecule has 0 atom stereocenters. The van der Waals surface area contributed by atoms with Gasteiger partial charge in [0.1, 0.15) is 0 Å². The second-order valence-corrected chi connectivity index (χ2v) is 5.15. The van der Waals surface area contributed by atoms with E-state index in [1.54, 1.807) is 0 Å². The van der Waals surface area contributed by atoms with E-state index in [4.69, 9.17) is 4.74 Å². The van der Waals surface area contributed by atoms with E-state index >= 15 is 0 Å². The van der Waals surface area contributed by atoms with E-state index in [2.05, 4.69) is 24.3 Å². The summed E-state index contributed by atoms with van der Waals surface area (Å²) in [6, 6.07) is 10.6. The molecule has 3 aliphatic rings. The number of aliphatic hydroxyl groups is 1. The molecule has 4 rings (SSSR count). The summed E-state index contributed by atoms with van der Waals surface area (Å²) in [4.78, 5) is 0. The highest BCUT2D eigenvalue weighted by Gasteiger charge is 2.58. The van der Waals surface area contributed by atoms with Crippen molar-refractivity contribution >= 4 is 0 Å². The molecule has 1 saturated carbocycles. The zero-order valence-electron chi connectivity index (χ0n) is 8.78. The fourth-order valence-corrected chi connectivity index (χ4v) is 3.29. The van der Waals surface area contributed by atoms with Crippen LogP contribution in [0, 0.1) is 5.41 Å². The van der Waals surface area contributed by atoms with E-state index in [1.165, 1.54) is 5.56 Å². The number of aliphatic hydroxyl groups excluding tert-OH is 1. The highest BCUT2D eigenvalue weighted by Crippen LogP contribution is 2.58. The Morgan fingerprint density at radius 1 is 1.13 bits per heavy atom. The normalized spacial score (nSPS) is 38.5. The molecule has 0 radical (unpaired) electrons. The van der Waals surface area contributed by atoms with Crippen molar-refractivity contribution in [3.8, 4) is 0 Å². The first-order valence-corrected chi connectivity index (χ1v) is 5.53. The Morgan fingerprint density at radius 2 is 1.87 bits per heavy atom. The van der Waals surface area contributed by atoms with Crippen LogP contribution in [-0.2, 0) is 10.2 Å². The minimum absolute atomic E-state index is 0.0636. The molecule has 0 unspecified atom stereocenters. The highest BCUT2D eigenvalue weighted by molar-refractivity contribution is 5.32. The van der Waals surface area contributed by atoms with E-state index in [9.17, 15) is 5.11 Å². The van der Waals surface area contributed by atoms with Crippen molar-refractivity contribution in [2.45, 2.75) is 18.3 Å². The SMILES string of the molecule is OCC12COCC(c3ccccc3)(C1)C2. The smallest absolute Gasteiger partial charge is 0.0563 e. The van der Waals surface area contributed by atoms with Gasteiger partial charge in [-0.2, -0.15) is 0 Å². The van der Waals surface area contributed by atoms with Crippen LogP contribution >= 0.6 is 0 Å². The summed E-state index contributed by atoms with van der Waals surface area (Å²) in [5.41, 5.74) is 1.63. The second kappa shape index (κ2) is 3.06. The standard InChI is InChI=1S/C13H16O2/c14-8-12-6-13(7-12,10-15-9-12)11-4-2-1-3-5-11/h1-5,14H,6-10H2. The van der Waals surface area contributed by atoms with Gasteiger partial charge in [-0.25, -0.2) is 0 Å². The summed E-state index contributed by atoms with van der Waals surface area (Å²) in [5, 5.41) is 9.37. The molecule has 1 N–H and O–H groups in total. The molecule has 2 bridgehead atoms.